The molecule has 1 aliphatic heterocycles. The van der Waals surface area contributed by atoms with Gasteiger partial charge in [-0.25, -0.2) is 4.98 Å². The second-order valence-electron chi connectivity index (χ2n) is 3.76. The summed E-state index contributed by atoms with van der Waals surface area (Å²) in [5.41, 5.74) is 0. The van der Waals surface area contributed by atoms with Crippen molar-refractivity contribution in [1.82, 2.24) is 14.5 Å². The van der Waals surface area contributed by atoms with E-state index in [9.17, 15) is 0 Å². The van der Waals surface area contributed by atoms with Crippen molar-refractivity contribution in [2.45, 2.75) is 39.4 Å². The van der Waals surface area contributed by atoms with Crippen LogP contribution in [0.3, 0.4) is 0 Å². The van der Waals surface area contributed by atoms with Crippen molar-refractivity contribution < 1.29 is 0 Å². The van der Waals surface area contributed by atoms with Crippen molar-refractivity contribution in [1.29, 1.82) is 0 Å². The summed E-state index contributed by atoms with van der Waals surface area (Å²) in [5.74, 6) is 1.21. The quantitative estimate of drug-likeness (QED) is 0.686. The number of rotatable bonds is 2. The highest BCUT2D eigenvalue weighted by Gasteiger charge is 2.19. The van der Waals surface area contributed by atoms with E-state index in [0.29, 0.717) is 6.04 Å². The summed E-state index contributed by atoms with van der Waals surface area (Å²) in [6.07, 6.45) is 5.19. The number of fused-ring (bicyclic) bond motifs is 1. The molecule has 1 aromatic heterocycles. The van der Waals surface area contributed by atoms with Crippen molar-refractivity contribution in [3.8, 4) is 0 Å². The third-order valence-electron chi connectivity index (χ3n) is 2.99. The van der Waals surface area contributed by atoms with Crippen LogP contribution >= 0.6 is 0 Å². The molecular formula is C10H17N3. The number of imidazole rings is 1. The molecule has 3 nitrogen and oxygen atoms in total. The van der Waals surface area contributed by atoms with Crippen molar-refractivity contribution in [2.75, 3.05) is 6.54 Å². The Morgan fingerprint density at radius 1 is 1.54 bits per heavy atom. The Morgan fingerprint density at radius 3 is 3.15 bits per heavy atom. The van der Waals surface area contributed by atoms with Gasteiger partial charge in [0, 0.05) is 31.5 Å². The van der Waals surface area contributed by atoms with Crippen LogP contribution in [-0.2, 0) is 13.1 Å². The largest absolute Gasteiger partial charge is 0.333 e. The topological polar surface area (TPSA) is 21.1 Å². The van der Waals surface area contributed by atoms with Gasteiger partial charge in [0.2, 0.25) is 0 Å². The Kier molecular flexibility index (Phi) is 2.36. The molecule has 13 heavy (non-hydrogen) atoms. The average molecular weight is 179 g/mol. The van der Waals surface area contributed by atoms with E-state index in [2.05, 4.69) is 34.5 Å². The molecule has 3 heteroatoms. The van der Waals surface area contributed by atoms with Gasteiger partial charge in [-0.3, -0.25) is 4.90 Å². The first kappa shape index (κ1) is 8.75. The molecule has 1 atom stereocenters. The fourth-order valence-electron chi connectivity index (χ4n) is 1.83. The molecule has 0 aromatic carbocycles. The van der Waals surface area contributed by atoms with Crippen LogP contribution in [0.1, 0.15) is 26.1 Å². The third-order valence-corrected chi connectivity index (χ3v) is 2.99. The summed E-state index contributed by atoms with van der Waals surface area (Å²) in [5, 5.41) is 0. The number of hydrogen-bond donors (Lipinski definition) is 0. The molecule has 0 saturated carbocycles. The zero-order valence-corrected chi connectivity index (χ0v) is 8.40. The molecule has 0 aliphatic carbocycles. The number of aromatic nitrogens is 2. The van der Waals surface area contributed by atoms with Gasteiger partial charge >= 0.3 is 0 Å². The SMILES string of the molecule is CCC(C)N1CCn2ccnc2C1. The monoisotopic (exact) mass is 179 g/mol. The molecule has 0 bridgehead atoms. The Bertz CT molecular complexity index is 279. The minimum absolute atomic E-state index is 0.686. The van der Waals surface area contributed by atoms with Crippen LogP contribution < -0.4 is 0 Å². The molecule has 2 rings (SSSR count). The molecule has 0 radical (unpaired) electrons. The van der Waals surface area contributed by atoms with Crippen LogP contribution in [0.25, 0.3) is 0 Å². The lowest BCUT2D eigenvalue weighted by Gasteiger charge is -2.32. The van der Waals surface area contributed by atoms with Gasteiger partial charge in [-0.15, -0.1) is 0 Å². The van der Waals surface area contributed by atoms with Gasteiger partial charge < -0.3 is 4.57 Å². The molecule has 0 N–H and O–H groups in total. The van der Waals surface area contributed by atoms with Gasteiger partial charge in [0.05, 0.1) is 6.54 Å². The first-order chi connectivity index (χ1) is 6.31. The molecular weight excluding hydrogens is 162 g/mol. The summed E-state index contributed by atoms with van der Waals surface area (Å²) in [7, 11) is 0. The van der Waals surface area contributed by atoms with Crippen LogP contribution in [0, 0.1) is 0 Å². The zero-order valence-electron chi connectivity index (χ0n) is 8.40. The van der Waals surface area contributed by atoms with Gasteiger partial charge in [0.1, 0.15) is 5.82 Å². The molecule has 0 fully saturated rings. The van der Waals surface area contributed by atoms with Crippen molar-refractivity contribution >= 4 is 0 Å². The highest BCUT2D eigenvalue weighted by atomic mass is 15.2. The smallest absolute Gasteiger partial charge is 0.122 e. The maximum Gasteiger partial charge on any atom is 0.122 e. The predicted octanol–water partition coefficient (Wildman–Crippen LogP) is 1.50. The van der Waals surface area contributed by atoms with E-state index in [1.807, 2.05) is 6.20 Å². The van der Waals surface area contributed by atoms with Crippen LogP contribution in [-0.4, -0.2) is 27.0 Å². The van der Waals surface area contributed by atoms with Crippen LogP contribution in [0.2, 0.25) is 0 Å². The Morgan fingerprint density at radius 2 is 2.38 bits per heavy atom. The van der Waals surface area contributed by atoms with Crippen LogP contribution in [0.5, 0.6) is 0 Å². The highest BCUT2D eigenvalue weighted by molar-refractivity contribution is 4.96. The van der Waals surface area contributed by atoms with Crippen molar-refractivity contribution in [3.05, 3.63) is 18.2 Å². The lowest BCUT2D eigenvalue weighted by Crippen LogP contribution is -2.39. The first-order valence-electron chi connectivity index (χ1n) is 5.05. The van der Waals surface area contributed by atoms with E-state index in [1.54, 1.807) is 0 Å². The summed E-state index contributed by atoms with van der Waals surface area (Å²) in [4.78, 5) is 6.85. The standard InChI is InChI=1S/C10H17N3/c1-3-9(2)13-7-6-12-5-4-11-10(12)8-13/h4-5,9H,3,6-8H2,1-2H3. The number of nitrogens with zero attached hydrogens (tertiary/aromatic N) is 3. The van der Waals surface area contributed by atoms with E-state index < -0.39 is 0 Å². The fourth-order valence-corrected chi connectivity index (χ4v) is 1.83. The molecule has 0 amide bonds. The second kappa shape index (κ2) is 3.50. The average Bonchev–Trinajstić information content (AvgIpc) is 2.63. The van der Waals surface area contributed by atoms with Gasteiger partial charge in [0.25, 0.3) is 0 Å². The minimum Gasteiger partial charge on any atom is -0.333 e. The van der Waals surface area contributed by atoms with Gasteiger partial charge in [0.15, 0.2) is 0 Å². The van der Waals surface area contributed by atoms with E-state index in [4.69, 9.17) is 0 Å². The van der Waals surface area contributed by atoms with Gasteiger partial charge in [-0.1, -0.05) is 6.92 Å². The molecule has 1 unspecified atom stereocenters. The zero-order chi connectivity index (χ0) is 9.26. The normalized spacial score (nSPS) is 19.8. The summed E-state index contributed by atoms with van der Waals surface area (Å²) < 4.78 is 2.25. The molecule has 0 saturated heterocycles. The molecule has 72 valence electrons. The molecule has 2 heterocycles. The first-order valence-corrected chi connectivity index (χ1v) is 5.05. The third kappa shape index (κ3) is 1.61. The molecule has 1 aromatic rings. The van der Waals surface area contributed by atoms with Crippen LogP contribution in [0.15, 0.2) is 12.4 Å². The maximum atomic E-state index is 4.34. The summed E-state index contributed by atoms with van der Waals surface area (Å²) in [6.45, 7) is 7.81. The fraction of sp³-hybridized carbons (Fsp3) is 0.700. The van der Waals surface area contributed by atoms with Gasteiger partial charge in [-0.2, -0.15) is 0 Å². The van der Waals surface area contributed by atoms with Crippen molar-refractivity contribution in [2.24, 2.45) is 0 Å². The summed E-state index contributed by atoms with van der Waals surface area (Å²) in [6, 6.07) is 0.686. The lowest BCUT2D eigenvalue weighted by molar-refractivity contribution is 0.159. The van der Waals surface area contributed by atoms with E-state index in [0.717, 1.165) is 13.1 Å². The summed E-state index contributed by atoms with van der Waals surface area (Å²) >= 11 is 0. The van der Waals surface area contributed by atoms with Crippen LogP contribution in [0.4, 0.5) is 0 Å². The lowest BCUT2D eigenvalue weighted by atomic mass is 10.2. The number of hydrogen-bond acceptors (Lipinski definition) is 2. The Hall–Kier alpha value is -0.830. The van der Waals surface area contributed by atoms with E-state index >= 15 is 0 Å². The predicted molar refractivity (Wildman–Crippen MR) is 52.4 cm³/mol. The van der Waals surface area contributed by atoms with Gasteiger partial charge in [-0.05, 0) is 13.3 Å². The Balaban J connectivity index is 2.08. The maximum absolute atomic E-state index is 4.34. The molecule has 0 spiro atoms. The van der Waals surface area contributed by atoms with E-state index in [1.165, 1.54) is 18.8 Å². The Labute approximate surface area is 79.4 Å². The highest BCUT2D eigenvalue weighted by Crippen LogP contribution is 2.14. The molecule has 1 aliphatic rings. The van der Waals surface area contributed by atoms with Crippen molar-refractivity contribution in [3.63, 3.8) is 0 Å². The van der Waals surface area contributed by atoms with E-state index in [-0.39, 0.29) is 0 Å². The minimum atomic E-state index is 0.686. The second-order valence-corrected chi connectivity index (χ2v) is 3.76.